The molecule has 0 saturated carbocycles. The number of nitrogens with two attached hydrogens (primary N) is 1. The lowest BCUT2D eigenvalue weighted by atomic mass is 10.2. The Kier molecular flexibility index (Phi) is 3.48. The number of hydrogen-bond acceptors (Lipinski definition) is 2. The highest BCUT2D eigenvalue weighted by atomic mass is 15.0. The largest absolute Gasteiger partial charge is 0.344 e. The Hall–Kier alpha value is -0.830. The van der Waals surface area contributed by atoms with Crippen molar-refractivity contribution in [3.63, 3.8) is 0 Å². The van der Waals surface area contributed by atoms with Crippen molar-refractivity contribution in [1.82, 2.24) is 9.97 Å². The van der Waals surface area contributed by atoms with Crippen LogP contribution in [0.1, 0.15) is 49.9 Å². The number of nitrogens with one attached hydrogen (secondary N) is 1. The number of imidazole rings is 1. The molecule has 0 spiro atoms. The van der Waals surface area contributed by atoms with Gasteiger partial charge in [0, 0.05) is 12.5 Å². The molecule has 1 aromatic rings. The summed E-state index contributed by atoms with van der Waals surface area (Å²) in [5.74, 6) is 1.08. The van der Waals surface area contributed by atoms with Gasteiger partial charge in [-0.2, -0.15) is 0 Å². The number of aryl methyl sites for hydroxylation is 2. The van der Waals surface area contributed by atoms with Gasteiger partial charge in [0.2, 0.25) is 0 Å². The first-order valence-electron chi connectivity index (χ1n) is 4.96. The average Bonchev–Trinajstić information content (AvgIpc) is 2.43. The number of H-pyrrole nitrogens is 1. The molecule has 1 rings (SSSR count). The molecule has 0 aliphatic rings. The monoisotopic (exact) mass is 181 g/mol. The first-order chi connectivity index (χ1) is 6.15. The van der Waals surface area contributed by atoms with E-state index in [1.807, 2.05) is 13.8 Å². The molecule has 3 heteroatoms. The summed E-state index contributed by atoms with van der Waals surface area (Å²) in [6.07, 6.45) is 3.42. The van der Waals surface area contributed by atoms with Crippen LogP contribution in [0.3, 0.4) is 0 Å². The van der Waals surface area contributed by atoms with Crippen molar-refractivity contribution < 1.29 is 0 Å². The van der Waals surface area contributed by atoms with E-state index in [1.165, 1.54) is 12.8 Å². The van der Waals surface area contributed by atoms with E-state index in [9.17, 15) is 0 Å². The highest BCUT2D eigenvalue weighted by molar-refractivity contribution is 5.16. The summed E-state index contributed by atoms with van der Waals surface area (Å²) in [5, 5.41) is 0. The van der Waals surface area contributed by atoms with Gasteiger partial charge in [-0.3, -0.25) is 0 Å². The lowest BCUT2D eigenvalue weighted by Crippen LogP contribution is -2.06. The van der Waals surface area contributed by atoms with Crippen LogP contribution in [0.15, 0.2) is 0 Å². The maximum absolute atomic E-state index is 5.79. The molecule has 0 amide bonds. The van der Waals surface area contributed by atoms with E-state index >= 15 is 0 Å². The zero-order valence-corrected chi connectivity index (χ0v) is 8.72. The molecule has 1 unspecified atom stereocenters. The topological polar surface area (TPSA) is 54.7 Å². The first-order valence-corrected chi connectivity index (χ1v) is 4.96. The van der Waals surface area contributed by atoms with Gasteiger partial charge >= 0.3 is 0 Å². The van der Waals surface area contributed by atoms with Gasteiger partial charge in [-0.1, -0.05) is 13.3 Å². The van der Waals surface area contributed by atoms with E-state index < -0.39 is 0 Å². The zero-order chi connectivity index (χ0) is 9.84. The van der Waals surface area contributed by atoms with Gasteiger partial charge in [0.1, 0.15) is 5.82 Å². The Bertz CT molecular complexity index is 263. The Labute approximate surface area is 79.8 Å². The van der Waals surface area contributed by atoms with Crippen molar-refractivity contribution >= 4 is 0 Å². The normalized spacial score (nSPS) is 13.2. The Morgan fingerprint density at radius 3 is 2.69 bits per heavy atom. The van der Waals surface area contributed by atoms with Crippen LogP contribution >= 0.6 is 0 Å². The van der Waals surface area contributed by atoms with Gasteiger partial charge < -0.3 is 10.7 Å². The smallest absolute Gasteiger partial charge is 0.106 e. The van der Waals surface area contributed by atoms with Gasteiger partial charge in [0.15, 0.2) is 0 Å². The molecule has 0 aliphatic heterocycles. The van der Waals surface area contributed by atoms with Crippen LogP contribution in [0.5, 0.6) is 0 Å². The Morgan fingerprint density at radius 1 is 1.54 bits per heavy atom. The van der Waals surface area contributed by atoms with Crippen molar-refractivity contribution in [2.24, 2.45) is 5.73 Å². The minimum absolute atomic E-state index is 0.0582. The second-order valence-electron chi connectivity index (χ2n) is 3.57. The van der Waals surface area contributed by atoms with Crippen LogP contribution in [0.2, 0.25) is 0 Å². The first kappa shape index (κ1) is 10.3. The van der Waals surface area contributed by atoms with Gasteiger partial charge in [-0.25, -0.2) is 4.98 Å². The van der Waals surface area contributed by atoms with E-state index in [0.29, 0.717) is 0 Å². The summed E-state index contributed by atoms with van der Waals surface area (Å²) in [7, 11) is 0. The number of aromatic amines is 1. The SMILES string of the molecule is CCCCc1nc(C)c(C(C)N)[nH]1. The summed E-state index contributed by atoms with van der Waals surface area (Å²) in [5.41, 5.74) is 7.90. The van der Waals surface area contributed by atoms with Crippen molar-refractivity contribution in [3.05, 3.63) is 17.2 Å². The summed E-state index contributed by atoms with van der Waals surface area (Å²) >= 11 is 0. The number of unbranched alkanes of at least 4 members (excludes halogenated alkanes) is 1. The molecule has 3 nitrogen and oxygen atoms in total. The summed E-state index contributed by atoms with van der Waals surface area (Å²) < 4.78 is 0. The summed E-state index contributed by atoms with van der Waals surface area (Å²) in [6, 6.07) is 0.0582. The van der Waals surface area contributed by atoms with Crippen molar-refractivity contribution in [3.8, 4) is 0 Å². The zero-order valence-electron chi connectivity index (χ0n) is 8.72. The molecule has 0 bridgehead atoms. The van der Waals surface area contributed by atoms with E-state index in [0.717, 1.165) is 23.6 Å². The Balaban J connectivity index is 2.71. The van der Waals surface area contributed by atoms with Crippen LogP contribution in [0.25, 0.3) is 0 Å². The lowest BCUT2D eigenvalue weighted by molar-refractivity contribution is 0.745. The molecule has 1 atom stereocenters. The third-order valence-corrected chi connectivity index (χ3v) is 2.19. The average molecular weight is 181 g/mol. The minimum atomic E-state index is 0.0582. The molecule has 0 saturated heterocycles. The highest BCUT2D eigenvalue weighted by Gasteiger charge is 2.08. The van der Waals surface area contributed by atoms with Crippen LogP contribution < -0.4 is 5.73 Å². The number of hydrogen-bond donors (Lipinski definition) is 2. The van der Waals surface area contributed by atoms with E-state index in [1.54, 1.807) is 0 Å². The summed E-state index contributed by atoms with van der Waals surface area (Å²) in [6.45, 7) is 6.16. The predicted molar refractivity (Wildman–Crippen MR) is 54.5 cm³/mol. The molecule has 3 N–H and O–H groups in total. The number of rotatable bonds is 4. The fourth-order valence-corrected chi connectivity index (χ4v) is 1.44. The van der Waals surface area contributed by atoms with Gasteiger partial charge in [-0.15, -0.1) is 0 Å². The third-order valence-electron chi connectivity index (χ3n) is 2.19. The highest BCUT2D eigenvalue weighted by Crippen LogP contribution is 2.13. The Morgan fingerprint density at radius 2 is 2.23 bits per heavy atom. The third kappa shape index (κ3) is 2.56. The molecule has 0 radical (unpaired) electrons. The molecule has 1 aromatic heterocycles. The van der Waals surface area contributed by atoms with E-state index in [2.05, 4.69) is 16.9 Å². The number of aromatic nitrogens is 2. The maximum Gasteiger partial charge on any atom is 0.106 e. The van der Waals surface area contributed by atoms with Gasteiger partial charge in [-0.05, 0) is 20.3 Å². The molecule has 1 heterocycles. The maximum atomic E-state index is 5.79. The van der Waals surface area contributed by atoms with Gasteiger partial charge in [0.25, 0.3) is 0 Å². The van der Waals surface area contributed by atoms with Crippen LogP contribution in [-0.4, -0.2) is 9.97 Å². The fourth-order valence-electron chi connectivity index (χ4n) is 1.44. The van der Waals surface area contributed by atoms with Crippen LogP contribution in [0.4, 0.5) is 0 Å². The molecular weight excluding hydrogens is 162 g/mol. The van der Waals surface area contributed by atoms with Crippen molar-refractivity contribution in [2.45, 2.75) is 46.1 Å². The fraction of sp³-hybridized carbons (Fsp3) is 0.700. The number of nitrogens with zero attached hydrogens (tertiary/aromatic N) is 1. The van der Waals surface area contributed by atoms with E-state index in [-0.39, 0.29) is 6.04 Å². The standard InChI is InChI=1S/C10H19N3/c1-4-5-6-9-12-8(3)10(13-9)7(2)11/h7H,4-6,11H2,1-3H3,(H,12,13). The molecule has 74 valence electrons. The van der Waals surface area contributed by atoms with Crippen molar-refractivity contribution in [1.29, 1.82) is 0 Å². The molecule has 0 aromatic carbocycles. The van der Waals surface area contributed by atoms with Crippen LogP contribution in [-0.2, 0) is 6.42 Å². The summed E-state index contributed by atoms with van der Waals surface area (Å²) in [4.78, 5) is 7.71. The second kappa shape index (κ2) is 4.42. The molecule has 0 aliphatic carbocycles. The quantitative estimate of drug-likeness (QED) is 0.747. The van der Waals surface area contributed by atoms with Crippen LogP contribution in [0, 0.1) is 6.92 Å². The van der Waals surface area contributed by atoms with Gasteiger partial charge in [0.05, 0.1) is 11.4 Å². The minimum Gasteiger partial charge on any atom is -0.344 e. The lowest BCUT2D eigenvalue weighted by Gasteiger charge is -2.01. The molecule has 0 fully saturated rings. The predicted octanol–water partition coefficient (Wildman–Crippen LogP) is 2.08. The van der Waals surface area contributed by atoms with Crippen molar-refractivity contribution in [2.75, 3.05) is 0 Å². The van der Waals surface area contributed by atoms with E-state index in [4.69, 9.17) is 5.73 Å². The molecular formula is C10H19N3. The molecule has 13 heavy (non-hydrogen) atoms. The second-order valence-corrected chi connectivity index (χ2v) is 3.57.